The van der Waals surface area contributed by atoms with Crippen LogP contribution in [0.3, 0.4) is 0 Å². The molecule has 5 nitrogen and oxygen atoms in total. The molecule has 2 aromatic rings. The number of hydrogen-bond acceptors (Lipinski definition) is 4. The fourth-order valence-electron chi connectivity index (χ4n) is 4.28. The molecule has 170 valence electrons. The molecule has 1 aliphatic heterocycles. The zero-order valence-electron chi connectivity index (χ0n) is 18.2. The maximum atomic E-state index is 12.9. The van der Waals surface area contributed by atoms with Crippen LogP contribution in [0.25, 0.3) is 6.08 Å². The van der Waals surface area contributed by atoms with E-state index >= 15 is 0 Å². The van der Waals surface area contributed by atoms with Crippen LogP contribution in [0.2, 0.25) is 0 Å². The predicted octanol–water partition coefficient (Wildman–Crippen LogP) is 5.37. The number of nitrogens with one attached hydrogen (secondary N) is 1. The molecule has 0 aromatic heterocycles. The van der Waals surface area contributed by atoms with Gasteiger partial charge in [-0.05, 0) is 49.5 Å². The maximum absolute atomic E-state index is 12.9. The smallest absolute Gasteiger partial charge is 0.236 e. The van der Waals surface area contributed by atoms with Gasteiger partial charge in [0, 0.05) is 34.6 Å². The standard InChI is InChI=1S/C25H30N2O3S2/c28-25(26-23-12-6-7-13-24(23)31-22-10-4-5-11-22)21-14-17-27(18-15-21)32(29,30)19-16-20-8-2-1-3-9-20/h1-3,6-9,12-13,16,19,21-22H,4-5,10-11,14-15,17-18H2,(H,26,28)/b19-16+. The largest absolute Gasteiger partial charge is 0.325 e. The van der Waals surface area contributed by atoms with Crippen molar-refractivity contribution in [2.75, 3.05) is 18.4 Å². The van der Waals surface area contributed by atoms with Gasteiger partial charge < -0.3 is 5.32 Å². The molecule has 1 aliphatic carbocycles. The minimum Gasteiger partial charge on any atom is -0.325 e. The molecule has 1 N–H and O–H groups in total. The minimum absolute atomic E-state index is 0.0126. The summed E-state index contributed by atoms with van der Waals surface area (Å²) in [7, 11) is -3.49. The Balaban J connectivity index is 1.32. The van der Waals surface area contributed by atoms with Crippen molar-refractivity contribution in [2.45, 2.75) is 48.7 Å². The summed E-state index contributed by atoms with van der Waals surface area (Å²) in [6.45, 7) is 0.718. The minimum atomic E-state index is -3.49. The number of amides is 1. The zero-order chi connectivity index (χ0) is 22.4. The van der Waals surface area contributed by atoms with Crippen molar-refractivity contribution in [3.8, 4) is 0 Å². The number of thioether (sulfide) groups is 1. The first-order chi connectivity index (χ1) is 15.5. The van der Waals surface area contributed by atoms with Crippen LogP contribution in [0.4, 0.5) is 5.69 Å². The Morgan fingerprint density at radius 1 is 0.938 bits per heavy atom. The molecule has 0 radical (unpaired) electrons. The number of para-hydroxylation sites is 1. The van der Waals surface area contributed by atoms with Crippen LogP contribution < -0.4 is 5.32 Å². The van der Waals surface area contributed by atoms with E-state index < -0.39 is 10.0 Å². The molecule has 2 aromatic carbocycles. The number of carbonyl (C=O) groups is 1. The van der Waals surface area contributed by atoms with E-state index in [1.807, 2.05) is 60.3 Å². The lowest BCUT2D eigenvalue weighted by Gasteiger charge is -2.29. The SMILES string of the molecule is O=C(Nc1ccccc1SC1CCCC1)C1CCN(S(=O)(=O)/C=C/c2ccccc2)CC1. The lowest BCUT2D eigenvalue weighted by atomic mass is 9.97. The van der Waals surface area contributed by atoms with Gasteiger partial charge in [-0.15, -0.1) is 11.8 Å². The molecule has 0 bridgehead atoms. The van der Waals surface area contributed by atoms with E-state index in [0.717, 1.165) is 16.1 Å². The predicted molar refractivity (Wildman–Crippen MR) is 132 cm³/mol. The number of piperidine rings is 1. The second-order valence-electron chi connectivity index (χ2n) is 8.44. The highest BCUT2D eigenvalue weighted by atomic mass is 32.2. The van der Waals surface area contributed by atoms with Gasteiger partial charge in [-0.2, -0.15) is 4.31 Å². The van der Waals surface area contributed by atoms with E-state index in [9.17, 15) is 13.2 Å². The van der Waals surface area contributed by atoms with Crippen LogP contribution in [0.1, 0.15) is 44.1 Å². The lowest BCUT2D eigenvalue weighted by Crippen LogP contribution is -2.40. The quantitative estimate of drug-likeness (QED) is 0.591. The van der Waals surface area contributed by atoms with E-state index in [2.05, 4.69) is 11.4 Å². The van der Waals surface area contributed by atoms with E-state index in [0.29, 0.717) is 31.2 Å². The summed E-state index contributed by atoms with van der Waals surface area (Å²) in [5.74, 6) is -0.189. The van der Waals surface area contributed by atoms with Gasteiger partial charge in [-0.25, -0.2) is 8.42 Å². The summed E-state index contributed by atoms with van der Waals surface area (Å²) in [5.41, 5.74) is 1.72. The average molecular weight is 471 g/mol. The number of nitrogens with zero attached hydrogens (tertiary/aromatic N) is 1. The van der Waals surface area contributed by atoms with Crippen molar-refractivity contribution in [1.82, 2.24) is 4.31 Å². The van der Waals surface area contributed by atoms with Crippen LogP contribution in [-0.2, 0) is 14.8 Å². The van der Waals surface area contributed by atoms with Crippen LogP contribution in [0, 0.1) is 5.92 Å². The van der Waals surface area contributed by atoms with Crippen LogP contribution >= 0.6 is 11.8 Å². The van der Waals surface area contributed by atoms with Gasteiger partial charge in [-0.1, -0.05) is 55.3 Å². The Morgan fingerprint density at radius 2 is 1.59 bits per heavy atom. The van der Waals surface area contributed by atoms with Crippen molar-refractivity contribution in [1.29, 1.82) is 0 Å². The van der Waals surface area contributed by atoms with Crippen LogP contribution in [0.5, 0.6) is 0 Å². The second kappa shape index (κ2) is 10.7. The first-order valence-electron chi connectivity index (χ1n) is 11.3. The van der Waals surface area contributed by atoms with E-state index in [1.54, 1.807) is 6.08 Å². The van der Waals surface area contributed by atoms with Gasteiger partial charge in [0.15, 0.2) is 0 Å². The highest BCUT2D eigenvalue weighted by molar-refractivity contribution is 8.00. The van der Waals surface area contributed by atoms with Gasteiger partial charge in [0.1, 0.15) is 0 Å². The molecule has 1 heterocycles. The molecule has 1 amide bonds. The fourth-order valence-corrected chi connectivity index (χ4v) is 6.83. The van der Waals surface area contributed by atoms with E-state index in [-0.39, 0.29) is 11.8 Å². The van der Waals surface area contributed by atoms with Gasteiger partial charge in [0.2, 0.25) is 15.9 Å². The summed E-state index contributed by atoms with van der Waals surface area (Å²) >= 11 is 1.86. The Labute approximate surface area is 195 Å². The van der Waals surface area contributed by atoms with Crippen LogP contribution in [-0.4, -0.2) is 37.0 Å². The van der Waals surface area contributed by atoms with Crippen molar-refractivity contribution < 1.29 is 13.2 Å². The van der Waals surface area contributed by atoms with Crippen molar-refractivity contribution in [3.63, 3.8) is 0 Å². The molecular formula is C25H30N2O3S2. The number of anilines is 1. The molecule has 0 spiro atoms. The summed E-state index contributed by atoms with van der Waals surface area (Å²) in [4.78, 5) is 14.0. The second-order valence-corrected chi connectivity index (χ2v) is 11.6. The summed E-state index contributed by atoms with van der Waals surface area (Å²) in [6, 6.07) is 17.4. The topological polar surface area (TPSA) is 66.5 Å². The number of hydrogen-bond donors (Lipinski definition) is 1. The number of rotatable bonds is 7. The fraction of sp³-hybridized carbons (Fsp3) is 0.400. The van der Waals surface area contributed by atoms with E-state index in [4.69, 9.17) is 0 Å². The molecule has 1 saturated heterocycles. The highest BCUT2D eigenvalue weighted by Gasteiger charge is 2.30. The van der Waals surface area contributed by atoms with Crippen molar-refractivity contribution in [3.05, 3.63) is 65.6 Å². The van der Waals surface area contributed by atoms with Crippen molar-refractivity contribution in [2.24, 2.45) is 5.92 Å². The highest BCUT2D eigenvalue weighted by Crippen LogP contribution is 2.38. The number of sulfonamides is 1. The summed E-state index contributed by atoms with van der Waals surface area (Å²) in [5, 5.41) is 5.01. The van der Waals surface area contributed by atoms with Gasteiger partial charge in [0.25, 0.3) is 0 Å². The van der Waals surface area contributed by atoms with Crippen LogP contribution in [0.15, 0.2) is 64.9 Å². The Hall–Kier alpha value is -2.09. The first kappa shape index (κ1) is 23.1. The Morgan fingerprint density at radius 3 is 2.31 bits per heavy atom. The molecule has 2 aliphatic rings. The molecular weight excluding hydrogens is 440 g/mol. The zero-order valence-corrected chi connectivity index (χ0v) is 19.8. The molecule has 0 unspecified atom stereocenters. The van der Waals surface area contributed by atoms with Gasteiger partial charge in [0.05, 0.1) is 5.69 Å². The third-order valence-electron chi connectivity index (χ3n) is 6.16. The monoisotopic (exact) mass is 470 g/mol. The maximum Gasteiger partial charge on any atom is 0.236 e. The molecule has 32 heavy (non-hydrogen) atoms. The molecule has 2 fully saturated rings. The van der Waals surface area contributed by atoms with E-state index in [1.165, 1.54) is 35.4 Å². The molecule has 1 saturated carbocycles. The van der Waals surface area contributed by atoms with Gasteiger partial charge in [-0.3, -0.25) is 4.79 Å². The van der Waals surface area contributed by atoms with Gasteiger partial charge >= 0.3 is 0 Å². The third kappa shape index (κ3) is 6.03. The molecule has 7 heteroatoms. The summed E-state index contributed by atoms with van der Waals surface area (Å²) < 4.78 is 26.8. The first-order valence-corrected chi connectivity index (χ1v) is 13.7. The average Bonchev–Trinajstić information content (AvgIpc) is 3.33. The lowest BCUT2D eigenvalue weighted by molar-refractivity contribution is -0.120. The third-order valence-corrected chi connectivity index (χ3v) is 9.14. The number of benzene rings is 2. The normalized spacial score (nSPS) is 18.9. The molecule has 4 rings (SSSR count). The molecule has 0 atom stereocenters. The Bertz CT molecular complexity index is 1040. The Kier molecular flexibility index (Phi) is 7.71. The van der Waals surface area contributed by atoms with Crippen molar-refractivity contribution >= 4 is 39.5 Å². The number of carbonyl (C=O) groups excluding carboxylic acids is 1. The summed E-state index contributed by atoms with van der Waals surface area (Å²) in [6.07, 6.45) is 7.72.